The van der Waals surface area contributed by atoms with Crippen LogP contribution in [0.1, 0.15) is 11.3 Å². The Bertz CT molecular complexity index is 1190. The summed E-state index contributed by atoms with van der Waals surface area (Å²) >= 11 is 12.4. The fourth-order valence-corrected chi connectivity index (χ4v) is 4.37. The van der Waals surface area contributed by atoms with E-state index in [-0.39, 0.29) is 16.6 Å². The lowest BCUT2D eigenvalue weighted by Crippen LogP contribution is -2.27. The first-order valence-corrected chi connectivity index (χ1v) is 10.4. The van der Waals surface area contributed by atoms with Crippen molar-refractivity contribution in [2.75, 3.05) is 0 Å². The van der Waals surface area contributed by atoms with Crippen molar-refractivity contribution in [1.82, 2.24) is 4.90 Å². The Morgan fingerprint density at radius 3 is 2.67 bits per heavy atom. The van der Waals surface area contributed by atoms with Crippen LogP contribution in [0.3, 0.4) is 0 Å². The first kappa shape index (κ1) is 20.3. The summed E-state index contributed by atoms with van der Waals surface area (Å²) in [6.45, 7) is 0.392. The number of furan rings is 1. The lowest BCUT2D eigenvalue weighted by Gasteiger charge is -2.14. The predicted octanol–water partition coefficient (Wildman–Crippen LogP) is 5.91. The molecule has 0 unspecified atom stereocenters. The van der Waals surface area contributed by atoms with E-state index in [2.05, 4.69) is 0 Å². The normalized spacial score (nSPS) is 15.2. The smallest absolute Gasteiger partial charge is 0.281 e. The Morgan fingerprint density at radius 2 is 1.93 bits per heavy atom. The molecule has 0 spiro atoms. The molecule has 6 nitrogen and oxygen atoms in total. The highest BCUT2D eigenvalue weighted by atomic mass is 35.5. The molecule has 0 bridgehead atoms. The SMILES string of the molecule is O=C1/C(=C/c2ccc(-c3ccc(Cl)cc3[N+](=O)[O-])o2)SC(=S)N1Cc1ccccc1. The van der Waals surface area contributed by atoms with Crippen LogP contribution in [0.25, 0.3) is 17.4 Å². The summed E-state index contributed by atoms with van der Waals surface area (Å²) in [5.74, 6) is 0.503. The number of amides is 1. The summed E-state index contributed by atoms with van der Waals surface area (Å²) < 4.78 is 6.22. The molecule has 2 heterocycles. The number of rotatable bonds is 5. The van der Waals surface area contributed by atoms with Crippen molar-refractivity contribution in [3.63, 3.8) is 0 Å². The van der Waals surface area contributed by atoms with Crippen LogP contribution >= 0.6 is 35.6 Å². The van der Waals surface area contributed by atoms with Gasteiger partial charge in [-0.3, -0.25) is 19.8 Å². The number of nitrogens with zero attached hydrogens (tertiary/aromatic N) is 2. The van der Waals surface area contributed by atoms with Crippen molar-refractivity contribution in [2.45, 2.75) is 6.54 Å². The molecule has 1 amide bonds. The van der Waals surface area contributed by atoms with Crippen LogP contribution in [0.15, 0.2) is 70.0 Å². The maximum Gasteiger partial charge on any atom is 0.281 e. The molecular formula is C21H13ClN2O4S2. The fourth-order valence-electron chi connectivity index (χ4n) is 2.97. The predicted molar refractivity (Wildman–Crippen MR) is 121 cm³/mol. The molecule has 1 fully saturated rings. The third kappa shape index (κ3) is 4.16. The van der Waals surface area contributed by atoms with Gasteiger partial charge in [0.1, 0.15) is 15.8 Å². The number of thioether (sulfide) groups is 1. The second kappa shape index (κ2) is 8.43. The van der Waals surface area contributed by atoms with Gasteiger partial charge in [0, 0.05) is 17.2 Å². The summed E-state index contributed by atoms with van der Waals surface area (Å²) in [6, 6.07) is 17.2. The van der Waals surface area contributed by atoms with Crippen LogP contribution in [0.5, 0.6) is 0 Å². The molecule has 30 heavy (non-hydrogen) atoms. The van der Waals surface area contributed by atoms with Gasteiger partial charge >= 0.3 is 0 Å². The number of thiocarbonyl (C=S) groups is 1. The highest BCUT2D eigenvalue weighted by Crippen LogP contribution is 2.36. The quantitative estimate of drug-likeness (QED) is 0.205. The number of hydrogen-bond donors (Lipinski definition) is 0. The van der Waals surface area contributed by atoms with Gasteiger partial charge in [0.25, 0.3) is 11.6 Å². The van der Waals surface area contributed by atoms with Crippen molar-refractivity contribution in [2.24, 2.45) is 0 Å². The summed E-state index contributed by atoms with van der Waals surface area (Å²) in [6.07, 6.45) is 1.59. The van der Waals surface area contributed by atoms with Gasteiger partial charge in [-0.15, -0.1) is 0 Å². The van der Waals surface area contributed by atoms with Gasteiger partial charge in [-0.25, -0.2) is 0 Å². The lowest BCUT2D eigenvalue weighted by molar-refractivity contribution is -0.384. The maximum absolute atomic E-state index is 12.8. The topological polar surface area (TPSA) is 76.6 Å². The Labute approximate surface area is 186 Å². The molecule has 1 aliphatic rings. The van der Waals surface area contributed by atoms with E-state index in [1.54, 1.807) is 24.3 Å². The molecule has 0 atom stereocenters. The molecule has 0 aliphatic carbocycles. The van der Waals surface area contributed by atoms with E-state index < -0.39 is 4.92 Å². The Hall–Kier alpha value is -2.94. The Morgan fingerprint density at radius 1 is 1.17 bits per heavy atom. The number of halogens is 1. The largest absolute Gasteiger partial charge is 0.456 e. The van der Waals surface area contributed by atoms with Gasteiger partial charge in [-0.2, -0.15) is 0 Å². The van der Waals surface area contributed by atoms with Gasteiger partial charge in [0.05, 0.1) is 21.9 Å². The first-order chi connectivity index (χ1) is 14.4. The molecule has 0 N–H and O–H groups in total. The van der Waals surface area contributed by atoms with E-state index in [4.69, 9.17) is 28.2 Å². The average Bonchev–Trinajstić information content (AvgIpc) is 3.29. The van der Waals surface area contributed by atoms with Crippen molar-refractivity contribution >= 4 is 57.6 Å². The van der Waals surface area contributed by atoms with Crippen LogP contribution in [0, 0.1) is 10.1 Å². The van der Waals surface area contributed by atoms with E-state index in [0.717, 1.165) is 5.56 Å². The van der Waals surface area contributed by atoms with Gasteiger partial charge in [-0.05, 0) is 29.8 Å². The molecule has 1 saturated heterocycles. The summed E-state index contributed by atoms with van der Waals surface area (Å²) in [5, 5.41) is 11.6. The zero-order valence-electron chi connectivity index (χ0n) is 15.3. The van der Waals surface area contributed by atoms with Gasteiger partial charge in [0.2, 0.25) is 0 Å². The number of carbonyl (C=O) groups is 1. The van der Waals surface area contributed by atoms with Gasteiger partial charge in [0.15, 0.2) is 0 Å². The Balaban J connectivity index is 1.58. The number of carbonyl (C=O) groups excluding carboxylic acids is 1. The van der Waals surface area contributed by atoms with Crippen LogP contribution in [0.4, 0.5) is 5.69 Å². The molecule has 9 heteroatoms. The van der Waals surface area contributed by atoms with E-state index in [1.165, 1.54) is 28.8 Å². The lowest BCUT2D eigenvalue weighted by atomic mass is 10.1. The van der Waals surface area contributed by atoms with Crippen LogP contribution < -0.4 is 0 Å². The van der Waals surface area contributed by atoms with Crippen LogP contribution in [-0.2, 0) is 11.3 Å². The highest BCUT2D eigenvalue weighted by molar-refractivity contribution is 8.26. The standard InChI is InChI=1S/C21H13ClN2O4S2/c22-14-6-8-16(17(10-14)24(26)27)18-9-7-15(28-18)11-19-20(25)23(21(29)30-19)12-13-4-2-1-3-5-13/h1-11H,12H2/b19-11-. The molecule has 4 rings (SSSR count). The highest BCUT2D eigenvalue weighted by Gasteiger charge is 2.32. The van der Waals surface area contributed by atoms with Crippen molar-refractivity contribution in [3.8, 4) is 11.3 Å². The molecule has 0 saturated carbocycles. The number of hydrogen-bond acceptors (Lipinski definition) is 6. The van der Waals surface area contributed by atoms with Crippen LogP contribution in [0.2, 0.25) is 5.02 Å². The third-order valence-electron chi connectivity index (χ3n) is 4.38. The minimum atomic E-state index is -0.516. The third-order valence-corrected chi connectivity index (χ3v) is 5.99. The minimum Gasteiger partial charge on any atom is -0.456 e. The fraction of sp³-hybridized carbons (Fsp3) is 0.0476. The summed E-state index contributed by atoms with van der Waals surface area (Å²) in [4.78, 5) is 25.6. The molecule has 3 aromatic rings. The summed E-state index contributed by atoms with van der Waals surface area (Å²) in [7, 11) is 0. The second-order valence-electron chi connectivity index (χ2n) is 6.37. The molecular weight excluding hydrogens is 444 g/mol. The second-order valence-corrected chi connectivity index (χ2v) is 8.49. The van der Waals surface area contributed by atoms with Crippen LogP contribution in [-0.4, -0.2) is 20.1 Å². The zero-order chi connectivity index (χ0) is 21.3. The van der Waals surface area contributed by atoms with Crippen molar-refractivity contribution in [1.29, 1.82) is 0 Å². The molecule has 150 valence electrons. The number of benzene rings is 2. The number of nitro groups is 1. The van der Waals surface area contributed by atoms with E-state index in [0.29, 0.717) is 32.9 Å². The zero-order valence-corrected chi connectivity index (χ0v) is 17.7. The maximum atomic E-state index is 12.8. The Kier molecular flexibility index (Phi) is 5.72. The molecule has 2 aromatic carbocycles. The van der Waals surface area contributed by atoms with Crippen molar-refractivity contribution < 1.29 is 14.1 Å². The monoisotopic (exact) mass is 456 g/mol. The summed E-state index contributed by atoms with van der Waals surface area (Å²) in [5.41, 5.74) is 1.13. The van der Waals surface area contributed by atoms with Gasteiger partial charge in [-0.1, -0.05) is 65.9 Å². The van der Waals surface area contributed by atoms with E-state index in [1.807, 2.05) is 30.3 Å². The average molecular weight is 457 g/mol. The molecule has 0 radical (unpaired) electrons. The minimum absolute atomic E-state index is 0.155. The molecule has 1 aromatic heterocycles. The first-order valence-electron chi connectivity index (χ1n) is 8.76. The van der Waals surface area contributed by atoms with E-state index >= 15 is 0 Å². The number of nitro benzene ring substituents is 1. The van der Waals surface area contributed by atoms with Gasteiger partial charge < -0.3 is 4.42 Å². The van der Waals surface area contributed by atoms with Crippen molar-refractivity contribution in [3.05, 3.63) is 92.0 Å². The van der Waals surface area contributed by atoms with E-state index in [9.17, 15) is 14.9 Å². The molecule has 1 aliphatic heterocycles.